The molecule has 0 radical (unpaired) electrons. The summed E-state index contributed by atoms with van der Waals surface area (Å²) in [6.07, 6.45) is 17.4. The maximum Gasteiger partial charge on any atom is 0.315 e. The Morgan fingerprint density at radius 2 is 1.66 bits per heavy atom. The summed E-state index contributed by atoms with van der Waals surface area (Å²) >= 11 is 0. The first kappa shape index (κ1) is 39.0. The summed E-state index contributed by atoms with van der Waals surface area (Å²) in [5, 5.41) is 14.8. The SMILES string of the molecule is C=C(C)C1CCC2(NCC(C)(C)O)CCC3(C)C(CCC4C5(C)CC=C(C6=CCC(CF)(C(=O)OCc7ccccc7)CC6)C(C)(C)C5CCC43C)C12. The fourth-order valence-corrected chi connectivity index (χ4v) is 14.4. The van der Waals surface area contributed by atoms with Crippen molar-refractivity contribution in [1.82, 2.24) is 5.32 Å². The summed E-state index contributed by atoms with van der Waals surface area (Å²) in [6, 6.07) is 9.68. The van der Waals surface area contributed by atoms with E-state index in [9.17, 15) is 14.3 Å². The summed E-state index contributed by atoms with van der Waals surface area (Å²) in [6.45, 7) is 23.9. The van der Waals surface area contributed by atoms with E-state index in [1.54, 1.807) is 0 Å². The number of allylic oxidation sites excluding steroid dienone is 5. The van der Waals surface area contributed by atoms with Gasteiger partial charge in [-0.1, -0.05) is 89.3 Å². The summed E-state index contributed by atoms with van der Waals surface area (Å²) in [5.41, 5.74) is 4.07. The van der Waals surface area contributed by atoms with Crippen LogP contribution in [0.4, 0.5) is 4.39 Å². The molecule has 2 N–H and O–H groups in total. The van der Waals surface area contributed by atoms with E-state index in [1.165, 1.54) is 68.1 Å². The lowest BCUT2D eigenvalue weighted by Gasteiger charge is -2.72. The Morgan fingerprint density at radius 3 is 2.30 bits per heavy atom. The Morgan fingerprint density at radius 1 is 0.925 bits per heavy atom. The Bertz CT molecular complexity index is 1640. The first-order valence-electron chi connectivity index (χ1n) is 21.2. The molecule has 0 heterocycles. The quantitative estimate of drug-likeness (QED) is 0.196. The second-order valence-corrected chi connectivity index (χ2v) is 21.0. The number of hydrogen-bond donors (Lipinski definition) is 2. The molecule has 0 bridgehead atoms. The molecule has 5 heteroatoms. The number of hydrogen-bond acceptors (Lipinski definition) is 4. The number of alkyl halides is 1. The van der Waals surface area contributed by atoms with Crippen molar-refractivity contribution in [2.75, 3.05) is 13.2 Å². The zero-order valence-corrected chi connectivity index (χ0v) is 34.4. The number of β-amino-alcohol motifs (C(OH)–C–C–N with tert-alkyl or cyclic N) is 1. The zero-order chi connectivity index (χ0) is 38.2. The van der Waals surface area contributed by atoms with E-state index in [2.05, 4.69) is 65.6 Å². The second kappa shape index (κ2) is 13.5. The zero-order valence-electron chi connectivity index (χ0n) is 34.4. The van der Waals surface area contributed by atoms with Crippen LogP contribution < -0.4 is 5.32 Å². The van der Waals surface area contributed by atoms with Crippen molar-refractivity contribution in [2.45, 2.75) is 150 Å². The van der Waals surface area contributed by atoms with Crippen molar-refractivity contribution in [3.05, 3.63) is 71.3 Å². The van der Waals surface area contributed by atoms with Crippen LogP contribution in [0.1, 0.15) is 138 Å². The molecule has 292 valence electrons. The third-order valence-electron chi connectivity index (χ3n) is 17.4. The molecule has 4 fully saturated rings. The van der Waals surface area contributed by atoms with Crippen LogP contribution in [-0.4, -0.2) is 35.4 Å². The molecular formula is C48H70FNO3. The average Bonchev–Trinajstić information content (AvgIpc) is 3.50. The van der Waals surface area contributed by atoms with Gasteiger partial charge in [-0.15, -0.1) is 0 Å². The number of aliphatic hydroxyl groups is 1. The Kier molecular flexibility index (Phi) is 9.91. The minimum absolute atomic E-state index is 0.000681. The van der Waals surface area contributed by atoms with Crippen LogP contribution in [0, 0.1) is 56.7 Å². The van der Waals surface area contributed by atoms with Crippen molar-refractivity contribution in [1.29, 1.82) is 0 Å². The Labute approximate surface area is 320 Å². The number of fused-ring (bicyclic) bond motifs is 7. The first-order valence-corrected chi connectivity index (χ1v) is 21.2. The fraction of sp³-hybridized carbons (Fsp3) is 0.729. The van der Waals surface area contributed by atoms with E-state index >= 15 is 0 Å². The van der Waals surface area contributed by atoms with Crippen LogP contribution in [0.2, 0.25) is 0 Å². The average molecular weight is 728 g/mol. The second-order valence-electron chi connectivity index (χ2n) is 21.0. The normalized spacial score (nSPS) is 41.9. The van der Waals surface area contributed by atoms with Crippen LogP contribution in [0.5, 0.6) is 0 Å². The molecule has 0 saturated heterocycles. The van der Waals surface area contributed by atoms with E-state index in [0.29, 0.717) is 49.0 Å². The molecule has 4 nitrogen and oxygen atoms in total. The molecule has 4 saturated carbocycles. The molecule has 1 aromatic carbocycles. The lowest BCUT2D eigenvalue weighted by molar-refractivity contribution is -0.221. The maximum absolute atomic E-state index is 14.7. The topological polar surface area (TPSA) is 58.6 Å². The van der Waals surface area contributed by atoms with Crippen LogP contribution in [0.3, 0.4) is 0 Å². The standard InChI is InChI=1S/C48H70FNO3/c1-32(2)35-19-26-48(50-31-42(3,4)52)28-27-45(8)37(40(35)48)15-16-39-44(7)22-20-36(43(5,6)38(44)21-23-46(39,45)9)34-17-24-47(30-49,25-18-34)41(51)53-29-33-13-11-10-12-14-33/h10-14,17,20,35,37-40,50,52H,1,15-16,18-19,21-31H2,2-9H3. The van der Waals surface area contributed by atoms with Gasteiger partial charge in [-0.25, -0.2) is 4.39 Å². The van der Waals surface area contributed by atoms with Gasteiger partial charge >= 0.3 is 5.97 Å². The van der Waals surface area contributed by atoms with E-state index in [0.717, 1.165) is 18.4 Å². The number of benzene rings is 1. The van der Waals surface area contributed by atoms with E-state index in [4.69, 9.17) is 4.74 Å². The number of esters is 1. The molecule has 6 aliphatic rings. The maximum atomic E-state index is 14.7. The van der Waals surface area contributed by atoms with Gasteiger partial charge in [0, 0.05) is 12.1 Å². The van der Waals surface area contributed by atoms with Crippen LogP contribution in [-0.2, 0) is 16.1 Å². The summed E-state index contributed by atoms with van der Waals surface area (Å²) in [5.74, 6) is 2.60. The van der Waals surface area contributed by atoms with Gasteiger partial charge in [-0.05, 0) is 166 Å². The van der Waals surface area contributed by atoms with E-state index in [1.807, 2.05) is 44.2 Å². The number of nitrogens with one attached hydrogen (secondary N) is 1. The number of carbonyl (C=O) groups is 1. The molecule has 10 unspecified atom stereocenters. The van der Waals surface area contributed by atoms with Crippen molar-refractivity contribution >= 4 is 5.97 Å². The largest absolute Gasteiger partial charge is 0.460 e. The fourth-order valence-electron chi connectivity index (χ4n) is 14.4. The molecule has 7 rings (SSSR count). The first-order chi connectivity index (χ1) is 24.9. The van der Waals surface area contributed by atoms with Gasteiger partial charge in [-0.3, -0.25) is 4.79 Å². The highest BCUT2D eigenvalue weighted by molar-refractivity contribution is 5.78. The molecule has 10 atom stereocenters. The molecule has 0 aromatic heterocycles. The van der Waals surface area contributed by atoms with Crippen molar-refractivity contribution in [3.8, 4) is 0 Å². The lowest BCUT2D eigenvalue weighted by atomic mass is 9.33. The molecular weight excluding hydrogens is 658 g/mol. The molecule has 0 spiro atoms. The van der Waals surface area contributed by atoms with Crippen LogP contribution in [0.15, 0.2) is 65.8 Å². The van der Waals surface area contributed by atoms with Gasteiger partial charge < -0.3 is 15.2 Å². The summed E-state index contributed by atoms with van der Waals surface area (Å²) in [7, 11) is 0. The van der Waals surface area contributed by atoms with Crippen LogP contribution >= 0.6 is 0 Å². The third-order valence-corrected chi connectivity index (χ3v) is 17.4. The molecule has 53 heavy (non-hydrogen) atoms. The van der Waals surface area contributed by atoms with Gasteiger partial charge in [-0.2, -0.15) is 0 Å². The molecule has 0 amide bonds. The lowest BCUT2D eigenvalue weighted by Crippen LogP contribution is -2.68. The summed E-state index contributed by atoms with van der Waals surface area (Å²) < 4.78 is 20.4. The van der Waals surface area contributed by atoms with Gasteiger partial charge in [0.25, 0.3) is 0 Å². The van der Waals surface area contributed by atoms with Crippen molar-refractivity contribution < 1.29 is 19.0 Å². The number of ether oxygens (including phenoxy) is 1. The predicted octanol–water partition coefficient (Wildman–Crippen LogP) is 11.1. The number of rotatable bonds is 9. The van der Waals surface area contributed by atoms with Gasteiger partial charge in [0.2, 0.25) is 0 Å². The third kappa shape index (κ3) is 6.16. The minimum atomic E-state index is -1.09. The Balaban J connectivity index is 1.13. The monoisotopic (exact) mass is 728 g/mol. The Hall–Kier alpha value is -2.24. The molecule has 0 aliphatic heterocycles. The number of halogens is 1. The summed E-state index contributed by atoms with van der Waals surface area (Å²) in [4.78, 5) is 13.3. The molecule has 6 aliphatic carbocycles. The van der Waals surface area contributed by atoms with Crippen molar-refractivity contribution in [3.63, 3.8) is 0 Å². The highest BCUT2D eigenvalue weighted by atomic mass is 19.1. The highest BCUT2D eigenvalue weighted by Crippen LogP contribution is 2.76. The predicted molar refractivity (Wildman–Crippen MR) is 214 cm³/mol. The van der Waals surface area contributed by atoms with E-state index < -0.39 is 23.7 Å². The van der Waals surface area contributed by atoms with E-state index in [-0.39, 0.29) is 33.8 Å². The number of carbonyl (C=O) groups excluding carboxylic acids is 1. The smallest absolute Gasteiger partial charge is 0.315 e. The van der Waals surface area contributed by atoms with Crippen LogP contribution in [0.25, 0.3) is 0 Å². The minimum Gasteiger partial charge on any atom is -0.460 e. The molecule has 1 aromatic rings. The highest BCUT2D eigenvalue weighted by Gasteiger charge is 2.70. The van der Waals surface area contributed by atoms with Gasteiger partial charge in [0.05, 0.1) is 11.0 Å². The van der Waals surface area contributed by atoms with Crippen molar-refractivity contribution in [2.24, 2.45) is 56.7 Å². The van der Waals surface area contributed by atoms with Gasteiger partial charge in [0.15, 0.2) is 0 Å². The van der Waals surface area contributed by atoms with Gasteiger partial charge in [0.1, 0.15) is 13.3 Å².